The van der Waals surface area contributed by atoms with Crippen LogP contribution >= 0.6 is 0 Å². The fourth-order valence-corrected chi connectivity index (χ4v) is 3.26. The smallest absolute Gasteiger partial charge is 0.272 e. The van der Waals surface area contributed by atoms with Crippen molar-refractivity contribution in [2.45, 2.75) is 32.6 Å². The first-order valence-corrected chi connectivity index (χ1v) is 8.34. The van der Waals surface area contributed by atoms with Gasteiger partial charge in [0, 0.05) is 26.0 Å². The Morgan fingerprint density at radius 1 is 1.30 bits per heavy atom. The highest BCUT2D eigenvalue weighted by atomic mass is 16.2. The van der Waals surface area contributed by atoms with Crippen molar-refractivity contribution in [3.63, 3.8) is 0 Å². The molecule has 0 aliphatic heterocycles. The lowest BCUT2D eigenvalue weighted by atomic mass is 9.83. The van der Waals surface area contributed by atoms with E-state index < -0.39 is 0 Å². The van der Waals surface area contributed by atoms with E-state index in [1.54, 1.807) is 23.2 Å². The lowest BCUT2D eigenvalue weighted by molar-refractivity contribution is 0.0749. The zero-order chi connectivity index (χ0) is 16.2. The predicted octanol–water partition coefficient (Wildman–Crippen LogP) is 3.17. The Balaban J connectivity index is 1.66. The first-order valence-electron chi connectivity index (χ1n) is 8.34. The molecule has 0 unspecified atom stereocenters. The van der Waals surface area contributed by atoms with Gasteiger partial charge in [0.2, 0.25) is 0 Å². The van der Waals surface area contributed by atoms with Gasteiger partial charge in [-0.2, -0.15) is 0 Å². The molecule has 0 N–H and O–H groups in total. The first kappa shape index (κ1) is 15.7. The van der Waals surface area contributed by atoms with Gasteiger partial charge in [-0.1, -0.05) is 25.8 Å². The van der Waals surface area contributed by atoms with Gasteiger partial charge in [-0.3, -0.25) is 9.36 Å². The lowest BCUT2D eigenvalue weighted by Crippen LogP contribution is -2.33. The van der Waals surface area contributed by atoms with Crippen LogP contribution in [0.25, 0.3) is 5.82 Å². The third-order valence-corrected chi connectivity index (χ3v) is 4.74. The molecule has 1 amide bonds. The fourth-order valence-electron chi connectivity index (χ4n) is 3.26. The molecule has 2 aromatic rings. The monoisotopic (exact) mass is 312 g/mol. The summed E-state index contributed by atoms with van der Waals surface area (Å²) >= 11 is 0. The van der Waals surface area contributed by atoms with E-state index in [4.69, 9.17) is 0 Å². The molecule has 5 heteroatoms. The van der Waals surface area contributed by atoms with Crippen LogP contribution in [0.15, 0.2) is 36.9 Å². The summed E-state index contributed by atoms with van der Waals surface area (Å²) in [4.78, 5) is 23.0. The van der Waals surface area contributed by atoms with Crippen LogP contribution in [0.1, 0.15) is 43.1 Å². The Morgan fingerprint density at radius 3 is 2.78 bits per heavy atom. The van der Waals surface area contributed by atoms with Crippen molar-refractivity contribution in [3.8, 4) is 5.82 Å². The predicted molar refractivity (Wildman–Crippen MR) is 89.4 cm³/mol. The number of amides is 1. The highest BCUT2D eigenvalue weighted by Gasteiger charge is 2.22. The molecule has 0 radical (unpaired) electrons. The zero-order valence-electron chi connectivity index (χ0n) is 13.9. The minimum Gasteiger partial charge on any atom is -0.340 e. The number of hydrogen-bond donors (Lipinski definition) is 0. The third kappa shape index (κ3) is 3.78. The van der Waals surface area contributed by atoms with E-state index >= 15 is 0 Å². The summed E-state index contributed by atoms with van der Waals surface area (Å²) < 4.78 is 1.80. The van der Waals surface area contributed by atoms with E-state index in [0.29, 0.717) is 17.4 Å². The van der Waals surface area contributed by atoms with E-state index in [2.05, 4.69) is 16.9 Å². The van der Waals surface area contributed by atoms with Crippen molar-refractivity contribution in [2.24, 2.45) is 11.8 Å². The summed E-state index contributed by atoms with van der Waals surface area (Å²) in [5, 5.41) is 0. The Kier molecular flexibility index (Phi) is 4.74. The molecular formula is C18H24N4O. The summed E-state index contributed by atoms with van der Waals surface area (Å²) in [6.07, 6.45) is 10.2. The Morgan fingerprint density at radius 2 is 2.09 bits per heavy atom. The Labute approximate surface area is 137 Å². The average molecular weight is 312 g/mol. The number of imidazole rings is 1. The SMILES string of the molecule is CC1CCC(CN(C)C(=O)c2cccc(-n3ccnc3)n2)CC1. The van der Waals surface area contributed by atoms with Crippen molar-refractivity contribution >= 4 is 5.91 Å². The molecule has 2 aromatic heterocycles. The van der Waals surface area contributed by atoms with Crippen molar-refractivity contribution in [1.29, 1.82) is 0 Å². The van der Waals surface area contributed by atoms with Crippen LogP contribution in [0, 0.1) is 11.8 Å². The molecule has 1 aliphatic rings. The highest BCUT2D eigenvalue weighted by Crippen LogP contribution is 2.28. The lowest BCUT2D eigenvalue weighted by Gasteiger charge is -2.29. The van der Waals surface area contributed by atoms with Crippen LogP contribution in [0.5, 0.6) is 0 Å². The van der Waals surface area contributed by atoms with Crippen LogP contribution in [0.4, 0.5) is 0 Å². The van der Waals surface area contributed by atoms with Gasteiger partial charge in [0.05, 0.1) is 0 Å². The summed E-state index contributed by atoms with van der Waals surface area (Å²) in [5.41, 5.74) is 0.489. The second-order valence-corrected chi connectivity index (χ2v) is 6.66. The van der Waals surface area contributed by atoms with Crippen LogP contribution in [0.3, 0.4) is 0 Å². The van der Waals surface area contributed by atoms with E-state index in [0.717, 1.165) is 12.5 Å². The van der Waals surface area contributed by atoms with Gasteiger partial charge in [0.15, 0.2) is 0 Å². The summed E-state index contributed by atoms with van der Waals surface area (Å²) in [5.74, 6) is 2.16. The molecular weight excluding hydrogens is 288 g/mol. The van der Waals surface area contributed by atoms with Crippen molar-refractivity contribution < 1.29 is 4.79 Å². The standard InChI is InChI=1S/C18H24N4O/c1-14-6-8-15(9-7-14)12-21(2)18(23)16-4-3-5-17(20-16)22-11-10-19-13-22/h3-5,10-11,13-15H,6-9,12H2,1-2H3. The fraction of sp³-hybridized carbons (Fsp3) is 0.500. The second kappa shape index (κ2) is 6.94. The third-order valence-electron chi connectivity index (χ3n) is 4.74. The highest BCUT2D eigenvalue weighted by molar-refractivity contribution is 5.92. The van der Waals surface area contributed by atoms with Gasteiger partial charge in [-0.05, 0) is 36.8 Å². The van der Waals surface area contributed by atoms with Crippen molar-refractivity contribution in [2.75, 3.05) is 13.6 Å². The van der Waals surface area contributed by atoms with Gasteiger partial charge in [-0.25, -0.2) is 9.97 Å². The molecule has 0 atom stereocenters. The minimum atomic E-state index is -0.00872. The second-order valence-electron chi connectivity index (χ2n) is 6.66. The molecule has 2 heterocycles. The number of pyridine rings is 1. The molecule has 1 saturated carbocycles. The van der Waals surface area contributed by atoms with Crippen LogP contribution < -0.4 is 0 Å². The largest absolute Gasteiger partial charge is 0.340 e. The first-order chi connectivity index (χ1) is 11.1. The molecule has 0 bridgehead atoms. The van der Waals surface area contributed by atoms with E-state index in [1.165, 1.54) is 25.7 Å². The van der Waals surface area contributed by atoms with Crippen molar-refractivity contribution in [1.82, 2.24) is 19.4 Å². The maximum Gasteiger partial charge on any atom is 0.272 e. The van der Waals surface area contributed by atoms with Gasteiger partial charge in [0.1, 0.15) is 17.8 Å². The van der Waals surface area contributed by atoms with E-state index in [9.17, 15) is 4.79 Å². The van der Waals surface area contributed by atoms with Gasteiger partial charge in [-0.15, -0.1) is 0 Å². The molecule has 0 saturated heterocycles. The number of rotatable bonds is 4. The molecule has 1 aliphatic carbocycles. The maximum absolute atomic E-state index is 12.6. The molecule has 5 nitrogen and oxygen atoms in total. The minimum absolute atomic E-state index is 0.00872. The summed E-state index contributed by atoms with van der Waals surface area (Å²) in [6.45, 7) is 3.14. The van der Waals surface area contributed by atoms with E-state index in [-0.39, 0.29) is 5.91 Å². The van der Waals surface area contributed by atoms with Gasteiger partial charge in [0.25, 0.3) is 5.91 Å². The summed E-state index contributed by atoms with van der Waals surface area (Å²) in [7, 11) is 1.88. The van der Waals surface area contributed by atoms with Gasteiger partial charge >= 0.3 is 0 Å². The van der Waals surface area contributed by atoms with Gasteiger partial charge < -0.3 is 4.90 Å². The maximum atomic E-state index is 12.6. The molecule has 23 heavy (non-hydrogen) atoms. The van der Waals surface area contributed by atoms with E-state index in [1.807, 2.05) is 30.3 Å². The van der Waals surface area contributed by atoms with Crippen molar-refractivity contribution in [3.05, 3.63) is 42.6 Å². The normalized spacial score (nSPS) is 21.1. The average Bonchev–Trinajstić information content (AvgIpc) is 3.11. The number of carbonyl (C=O) groups is 1. The Hall–Kier alpha value is -2.17. The van der Waals surface area contributed by atoms with Crippen LogP contribution in [-0.2, 0) is 0 Å². The number of carbonyl (C=O) groups excluding carboxylic acids is 1. The number of aromatic nitrogens is 3. The van der Waals surface area contributed by atoms with Crippen LogP contribution in [0.2, 0.25) is 0 Å². The molecule has 1 fully saturated rings. The summed E-state index contributed by atoms with van der Waals surface area (Å²) in [6, 6.07) is 5.52. The van der Waals surface area contributed by atoms with Crippen LogP contribution in [-0.4, -0.2) is 38.9 Å². The number of nitrogens with zero attached hydrogens (tertiary/aromatic N) is 4. The molecule has 3 rings (SSSR count). The molecule has 0 spiro atoms. The zero-order valence-corrected chi connectivity index (χ0v) is 13.9. The quantitative estimate of drug-likeness (QED) is 0.871. The Bertz CT molecular complexity index is 645. The number of hydrogen-bond acceptors (Lipinski definition) is 3. The molecule has 122 valence electrons. The topological polar surface area (TPSA) is 51.0 Å². The molecule has 0 aromatic carbocycles.